The maximum Gasteiger partial charge on any atom is 0.344 e. The molecule has 0 bridgehead atoms. The monoisotopic (exact) mass is 361 g/mol. The first-order valence-corrected chi connectivity index (χ1v) is 6.34. The fourth-order valence-corrected chi connectivity index (χ4v) is 2.41. The maximum atomic E-state index is 11.1. The predicted molar refractivity (Wildman–Crippen MR) is 68.7 cm³/mol. The molecule has 0 saturated carbocycles. The smallest absolute Gasteiger partial charge is 0.344 e. The van der Waals surface area contributed by atoms with Gasteiger partial charge in [0.2, 0.25) is 0 Å². The lowest BCUT2D eigenvalue weighted by atomic mass is 10.2. The number of nitrogens with zero attached hydrogens (tertiary/aromatic N) is 1. The minimum Gasteiger partial charge on any atom is -0.482 e. The van der Waals surface area contributed by atoms with Crippen molar-refractivity contribution in [3.63, 3.8) is 0 Å². The third-order valence-corrected chi connectivity index (χ3v) is 3.04. The second-order valence-electron chi connectivity index (χ2n) is 2.97. The molecule has 0 aliphatic rings. The SMILES string of the molecule is CCOC(=O)COc1cc(Br)c(C#N)c(Br)c1. The molecule has 0 fully saturated rings. The molecule has 0 heterocycles. The summed E-state index contributed by atoms with van der Waals surface area (Å²) < 4.78 is 11.2. The Kier molecular flexibility index (Phi) is 5.45. The summed E-state index contributed by atoms with van der Waals surface area (Å²) in [6.07, 6.45) is 0. The lowest BCUT2D eigenvalue weighted by Gasteiger charge is -2.07. The van der Waals surface area contributed by atoms with Crippen LogP contribution in [0.2, 0.25) is 0 Å². The summed E-state index contributed by atoms with van der Waals surface area (Å²) in [5.74, 6) is 0.0555. The number of halogens is 2. The van der Waals surface area contributed by atoms with Crippen LogP contribution < -0.4 is 4.74 Å². The highest BCUT2D eigenvalue weighted by atomic mass is 79.9. The number of rotatable bonds is 4. The quantitative estimate of drug-likeness (QED) is 0.772. The number of hydrogen-bond acceptors (Lipinski definition) is 4. The van der Waals surface area contributed by atoms with Crippen LogP contribution in [-0.2, 0) is 9.53 Å². The van der Waals surface area contributed by atoms with Crippen LogP contribution in [0, 0.1) is 11.3 Å². The van der Waals surface area contributed by atoms with Crippen molar-refractivity contribution in [2.45, 2.75) is 6.92 Å². The first-order valence-electron chi connectivity index (χ1n) is 4.76. The van der Waals surface area contributed by atoms with Crippen LogP contribution in [0.4, 0.5) is 0 Å². The zero-order valence-electron chi connectivity index (χ0n) is 9.00. The van der Waals surface area contributed by atoms with Crippen LogP contribution in [-0.4, -0.2) is 19.2 Å². The number of benzene rings is 1. The van der Waals surface area contributed by atoms with E-state index in [9.17, 15) is 4.79 Å². The van der Waals surface area contributed by atoms with E-state index in [1.54, 1.807) is 19.1 Å². The van der Waals surface area contributed by atoms with Crippen molar-refractivity contribution < 1.29 is 14.3 Å². The second-order valence-corrected chi connectivity index (χ2v) is 4.68. The molecule has 1 aromatic carbocycles. The molecule has 0 saturated heterocycles. The Labute approximate surface area is 116 Å². The van der Waals surface area contributed by atoms with Crippen molar-refractivity contribution in [1.29, 1.82) is 5.26 Å². The van der Waals surface area contributed by atoms with Gasteiger partial charge in [-0.15, -0.1) is 0 Å². The van der Waals surface area contributed by atoms with E-state index in [-0.39, 0.29) is 6.61 Å². The molecule has 0 aromatic heterocycles. The third-order valence-electron chi connectivity index (χ3n) is 1.79. The van der Waals surface area contributed by atoms with E-state index < -0.39 is 5.97 Å². The zero-order chi connectivity index (χ0) is 12.8. The van der Waals surface area contributed by atoms with E-state index in [0.29, 0.717) is 26.9 Å². The van der Waals surface area contributed by atoms with E-state index >= 15 is 0 Å². The van der Waals surface area contributed by atoms with Crippen LogP contribution in [0.15, 0.2) is 21.1 Å². The Balaban J connectivity index is 2.74. The van der Waals surface area contributed by atoms with Gasteiger partial charge in [-0.2, -0.15) is 5.26 Å². The van der Waals surface area contributed by atoms with Gasteiger partial charge in [-0.3, -0.25) is 0 Å². The number of hydrogen-bond donors (Lipinski definition) is 0. The van der Waals surface area contributed by atoms with Gasteiger partial charge < -0.3 is 9.47 Å². The lowest BCUT2D eigenvalue weighted by molar-refractivity contribution is -0.145. The average molecular weight is 363 g/mol. The average Bonchev–Trinajstić information content (AvgIpc) is 2.26. The van der Waals surface area contributed by atoms with Gasteiger partial charge in [-0.25, -0.2) is 4.79 Å². The molecule has 0 aliphatic heterocycles. The molecule has 0 atom stereocenters. The molecular weight excluding hydrogens is 354 g/mol. The molecule has 1 aromatic rings. The van der Waals surface area contributed by atoms with Crippen molar-refractivity contribution in [2.75, 3.05) is 13.2 Å². The Morgan fingerprint density at radius 1 is 1.41 bits per heavy atom. The minimum atomic E-state index is -0.427. The minimum absolute atomic E-state index is 0.154. The summed E-state index contributed by atoms with van der Waals surface area (Å²) in [5, 5.41) is 8.85. The Bertz CT molecular complexity index is 445. The molecule has 90 valence electrons. The standard InChI is InChI=1S/C11H9Br2NO3/c1-2-16-11(15)6-17-7-3-9(12)8(5-14)10(13)4-7/h3-4H,2,6H2,1H3. The van der Waals surface area contributed by atoms with Crippen LogP contribution in [0.1, 0.15) is 12.5 Å². The summed E-state index contributed by atoms with van der Waals surface area (Å²) in [7, 11) is 0. The highest BCUT2D eigenvalue weighted by Crippen LogP contribution is 2.30. The van der Waals surface area contributed by atoms with Crippen molar-refractivity contribution in [3.05, 3.63) is 26.6 Å². The fourth-order valence-electron chi connectivity index (χ4n) is 1.08. The van der Waals surface area contributed by atoms with Crippen molar-refractivity contribution in [2.24, 2.45) is 0 Å². The summed E-state index contributed by atoms with van der Waals surface area (Å²) in [4.78, 5) is 11.1. The molecular formula is C11H9Br2NO3. The van der Waals surface area contributed by atoms with Gasteiger partial charge in [0, 0.05) is 8.95 Å². The van der Waals surface area contributed by atoms with E-state index in [2.05, 4.69) is 31.9 Å². The number of carbonyl (C=O) groups is 1. The number of nitriles is 1. The highest BCUT2D eigenvalue weighted by Gasteiger charge is 2.09. The highest BCUT2D eigenvalue weighted by molar-refractivity contribution is 9.11. The van der Waals surface area contributed by atoms with E-state index in [1.165, 1.54) is 0 Å². The number of ether oxygens (including phenoxy) is 2. The van der Waals surface area contributed by atoms with Crippen molar-refractivity contribution in [3.8, 4) is 11.8 Å². The molecule has 1 rings (SSSR count). The van der Waals surface area contributed by atoms with Gasteiger partial charge in [0.05, 0.1) is 12.2 Å². The Hall–Kier alpha value is -1.06. The molecule has 17 heavy (non-hydrogen) atoms. The topological polar surface area (TPSA) is 59.3 Å². The van der Waals surface area contributed by atoms with Gasteiger partial charge in [0.15, 0.2) is 6.61 Å². The summed E-state index contributed by atoms with van der Waals surface area (Å²) in [5.41, 5.74) is 0.480. The largest absolute Gasteiger partial charge is 0.482 e. The first kappa shape index (κ1) is 14.0. The maximum absolute atomic E-state index is 11.1. The van der Waals surface area contributed by atoms with Gasteiger partial charge in [-0.1, -0.05) is 0 Å². The Morgan fingerprint density at radius 3 is 2.47 bits per heavy atom. The van der Waals surface area contributed by atoms with Crippen LogP contribution in [0.3, 0.4) is 0 Å². The number of carbonyl (C=O) groups excluding carboxylic acids is 1. The third kappa shape index (κ3) is 4.02. The van der Waals surface area contributed by atoms with Crippen LogP contribution in [0.5, 0.6) is 5.75 Å². The molecule has 0 radical (unpaired) electrons. The molecule has 0 spiro atoms. The van der Waals surface area contributed by atoms with Crippen LogP contribution >= 0.6 is 31.9 Å². The molecule has 0 N–H and O–H groups in total. The molecule has 0 aliphatic carbocycles. The molecule has 4 nitrogen and oxygen atoms in total. The Morgan fingerprint density at radius 2 is 2.00 bits per heavy atom. The first-order chi connectivity index (χ1) is 8.08. The van der Waals surface area contributed by atoms with E-state index in [0.717, 1.165) is 0 Å². The van der Waals surface area contributed by atoms with Crippen molar-refractivity contribution in [1.82, 2.24) is 0 Å². The van der Waals surface area contributed by atoms with E-state index in [1.807, 2.05) is 6.07 Å². The van der Waals surface area contributed by atoms with E-state index in [4.69, 9.17) is 14.7 Å². The van der Waals surface area contributed by atoms with Crippen molar-refractivity contribution >= 4 is 37.8 Å². The zero-order valence-corrected chi connectivity index (χ0v) is 12.2. The molecule has 0 unspecified atom stereocenters. The fraction of sp³-hybridized carbons (Fsp3) is 0.273. The van der Waals surface area contributed by atoms with Gasteiger partial charge in [0.1, 0.15) is 11.8 Å². The second kappa shape index (κ2) is 6.62. The summed E-state index contributed by atoms with van der Waals surface area (Å²) in [6, 6.07) is 5.29. The van der Waals surface area contributed by atoms with Gasteiger partial charge in [0.25, 0.3) is 0 Å². The number of esters is 1. The van der Waals surface area contributed by atoms with Crippen LogP contribution in [0.25, 0.3) is 0 Å². The lowest BCUT2D eigenvalue weighted by Crippen LogP contribution is -2.14. The predicted octanol–water partition coefficient (Wildman–Crippen LogP) is 3.03. The van der Waals surface area contributed by atoms with Gasteiger partial charge >= 0.3 is 5.97 Å². The summed E-state index contributed by atoms with van der Waals surface area (Å²) in [6.45, 7) is 1.90. The normalized spacial score (nSPS) is 9.53. The summed E-state index contributed by atoms with van der Waals surface area (Å²) >= 11 is 6.49. The molecule has 6 heteroatoms. The van der Waals surface area contributed by atoms with Gasteiger partial charge in [-0.05, 0) is 50.9 Å². The molecule has 0 amide bonds.